The van der Waals surface area contributed by atoms with Crippen molar-refractivity contribution in [1.29, 1.82) is 0 Å². The second kappa shape index (κ2) is 11.4. The van der Waals surface area contributed by atoms with Gasteiger partial charge in [0.2, 0.25) is 11.3 Å². The molecule has 180 valence electrons. The van der Waals surface area contributed by atoms with Crippen LogP contribution in [0.2, 0.25) is 0 Å². The minimum absolute atomic E-state index is 0.0752. The van der Waals surface area contributed by atoms with Crippen molar-refractivity contribution in [2.24, 2.45) is 16.6 Å². The highest BCUT2D eigenvalue weighted by Crippen LogP contribution is 2.45. The molecule has 2 aromatic carbocycles. The normalized spacial score (nSPS) is 10.9. The third-order valence-electron chi connectivity index (χ3n) is 5.08. The van der Waals surface area contributed by atoms with Gasteiger partial charge >= 0.3 is 23.9 Å². The number of carboxylic acids is 4. The van der Waals surface area contributed by atoms with E-state index in [2.05, 4.69) is 0 Å². The maximum absolute atomic E-state index is 11.8. The summed E-state index contributed by atoms with van der Waals surface area (Å²) in [5.41, 5.74) is -1.02. The first kappa shape index (κ1) is 27.5. The van der Waals surface area contributed by atoms with Crippen LogP contribution in [0.5, 0.6) is 0 Å². The third-order valence-corrected chi connectivity index (χ3v) is 5.08. The van der Waals surface area contributed by atoms with Crippen molar-refractivity contribution in [2.75, 3.05) is 0 Å². The lowest BCUT2D eigenvalue weighted by molar-refractivity contribution is -0.197. The summed E-state index contributed by atoms with van der Waals surface area (Å²) in [6, 6.07) is 18.6. The molecule has 0 aliphatic rings. The average molecular weight is 473 g/mol. The number of primary amides is 1. The Kier molecular flexibility index (Phi) is 9.19. The number of carbonyl (C=O) groups excluding carboxylic acids is 2. The predicted octanol–water partition coefficient (Wildman–Crippen LogP) is 1.50. The summed E-state index contributed by atoms with van der Waals surface area (Å²) in [6.07, 6.45) is -1.10. The van der Waals surface area contributed by atoms with Gasteiger partial charge in [-0.2, -0.15) is 0 Å². The van der Waals surface area contributed by atoms with Crippen molar-refractivity contribution in [3.05, 3.63) is 71.8 Å². The summed E-state index contributed by atoms with van der Waals surface area (Å²) in [5.74, 6) is -11.4. The Bertz CT molecular complexity index is 988. The molecular formula is C23H23NO10. The molecule has 0 unspecified atom stereocenters. The summed E-state index contributed by atoms with van der Waals surface area (Å²) >= 11 is 0. The molecule has 2 aromatic rings. The molecule has 0 atom stereocenters. The maximum Gasteiger partial charge on any atom is 0.332 e. The van der Waals surface area contributed by atoms with Crippen molar-refractivity contribution < 1.29 is 49.2 Å². The summed E-state index contributed by atoms with van der Waals surface area (Å²) in [5, 5.41) is 36.2. The topological polar surface area (TPSA) is 209 Å². The molecule has 0 aliphatic carbocycles. The monoisotopic (exact) mass is 473 g/mol. The van der Waals surface area contributed by atoms with E-state index in [1.165, 1.54) is 6.92 Å². The molecule has 34 heavy (non-hydrogen) atoms. The number of amides is 1. The van der Waals surface area contributed by atoms with Gasteiger partial charge in [-0.3, -0.25) is 28.8 Å². The zero-order valence-corrected chi connectivity index (χ0v) is 18.0. The van der Waals surface area contributed by atoms with E-state index >= 15 is 0 Å². The molecule has 0 heterocycles. The van der Waals surface area contributed by atoms with Gasteiger partial charge in [-0.1, -0.05) is 74.0 Å². The first-order valence-corrected chi connectivity index (χ1v) is 9.79. The highest BCUT2D eigenvalue weighted by atomic mass is 16.4. The molecular weight excluding hydrogens is 450 g/mol. The van der Waals surface area contributed by atoms with E-state index in [1.807, 2.05) is 60.7 Å². The first-order chi connectivity index (χ1) is 15.9. The van der Waals surface area contributed by atoms with Crippen molar-refractivity contribution in [3.63, 3.8) is 0 Å². The van der Waals surface area contributed by atoms with E-state index in [0.29, 0.717) is 0 Å². The molecule has 6 N–H and O–H groups in total. The van der Waals surface area contributed by atoms with Crippen LogP contribution in [-0.2, 0) is 24.0 Å². The molecule has 2 rings (SSSR count). The molecule has 0 bridgehead atoms. The van der Waals surface area contributed by atoms with Crippen LogP contribution in [0.3, 0.4) is 0 Å². The van der Waals surface area contributed by atoms with Gasteiger partial charge in [-0.05, 0) is 6.42 Å². The quantitative estimate of drug-likeness (QED) is 0.248. The van der Waals surface area contributed by atoms with Gasteiger partial charge in [0.15, 0.2) is 5.78 Å². The van der Waals surface area contributed by atoms with E-state index in [-0.39, 0.29) is 12.2 Å². The van der Waals surface area contributed by atoms with Crippen molar-refractivity contribution in [2.45, 2.75) is 19.8 Å². The predicted molar refractivity (Wildman–Crippen MR) is 116 cm³/mol. The van der Waals surface area contributed by atoms with Crippen LogP contribution in [0.4, 0.5) is 0 Å². The van der Waals surface area contributed by atoms with E-state index in [0.717, 1.165) is 11.1 Å². The smallest absolute Gasteiger partial charge is 0.332 e. The van der Waals surface area contributed by atoms with Crippen LogP contribution in [0.15, 0.2) is 60.7 Å². The molecule has 0 saturated carbocycles. The Labute approximate surface area is 193 Å². The number of aliphatic carboxylic acids is 4. The van der Waals surface area contributed by atoms with Crippen molar-refractivity contribution in [3.8, 4) is 0 Å². The van der Waals surface area contributed by atoms with Gasteiger partial charge in [0.1, 0.15) is 0 Å². The van der Waals surface area contributed by atoms with E-state index in [1.54, 1.807) is 0 Å². The lowest BCUT2D eigenvalue weighted by atomic mass is 9.60. The zero-order chi connectivity index (χ0) is 26.1. The fourth-order valence-corrected chi connectivity index (χ4v) is 3.41. The number of benzene rings is 2. The molecule has 11 heteroatoms. The summed E-state index contributed by atoms with van der Waals surface area (Å²) in [7, 11) is 0. The minimum atomic E-state index is -3.82. The molecule has 1 amide bonds. The molecule has 0 fully saturated rings. The van der Waals surface area contributed by atoms with E-state index in [9.17, 15) is 28.8 Å². The first-order valence-electron chi connectivity index (χ1n) is 9.79. The molecule has 0 aromatic heterocycles. The fraction of sp³-hybridized carbons (Fsp3) is 0.217. The zero-order valence-electron chi connectivity index (χ0n) is 18.0. The summed E-state index contributed by atoms with van der Waals surface area (Å²) in [4.78, 5) is 68.3. The number of rotatable bonds is 10. The van der Waals surface area contributed by atoms with Gasteiger partial charge in [0, 0.05) is 11.1 Å². The standard InChI is InChI=1S/C13H10O.C10H13NO9/c14-13(11-7-3-1-4-8-11)12-9-5-2-6-10-12;1-2-3-9(5(13)14,6(15)16)10(4(11)12,7(17)18)8(19)20/h1-10H;2-3H2,1H3,(H2,11,12)(H,13,14)(H,15,16)(H,17,18)(H,19,20). The van der Waals surface area contributed by atoms with Gasteiger partial charge in [-0.15, -0.1) is 0 Å². The Balaban J connectivity index is 0.000000358. The van der Waals surface area contributed by atoms with Crippen LogP contribution >= 0.6 is 0 Å². The molecule has 0 spiro atoms. The molecule has 0 aliphatic heterocycles. The highest BCUT2D eigenvalue weighted by Gasteiger charge is 2.74. The Morgan fingerprint density at radius 3 is 1.26 bits per heavy atom. The second-order valence-corrected chi connectivity index (χ2v) is 7.05. The number of carboxylic acid groups (broad SMARTS) is 4. The minimum Gasteiger partial charge on any atom is -0.480 e. The lowest BCUT2D eigenvalue weighted by Gasteiger charge is -2.36. The van der Waals surface area contributed by atoms with Crippen LogP contribution in [0, 0.1) is 10.8 Å². The van der Waals surface area contributed by atoms with Crippen LogP contribution < -0.4 is 5.73 Å². The summed E-state index contributed by atoms with van der Waals surface area (Å²) in [6.45, 7) is 1.30. The van der Waals surface area contributed by atoms with Gasteiger partial charge in [0.25, 0.3) is 5.41 Å². The second-order valence-electron chi connectivity index (χ2n) is 7.05. The van der Waals surface area contributed by atoms with Gasteiger partial charge < -0.3 is 26.2 Å². The fourth-order valence-electron chi connectivity index (χ4n) is 3.41. The van der Waals surface area contributed by atoms with Crippen LogP contribution in [0.25, 0.3) is 0 Å². The number of hydrogen-bond acceptors (Lipinski definition) is 6. The van der Waals surface area contributed by atoms with Crippen molar-refractivity contribution in [1.82, 2.24) is 0 Å². The SMILES string of the molecule is CCCC(C(=O)O)(C(=O)O)C(C(N)=O)(C(=O)O)C(=O)O.O=C(c1ccccc1)c1ccccc1. The lowest BCUT2D eigenvalue weighted by Crippen LogP contribution is -2.66. The molecule has 0 radical (unpaired) electrons. The average Bonchev–Trinajstić information content (AvgIpc) is 2.78. The van der Waals surface area contributed by atoms with Gasteiger partial charge in [0.05, 0.1) is 0 Å². The molecule has 11 nitrogen and oxygen atoms in total. The van der Waals surface area contributed by atoms with Gasteiger partial charge in [-0.25, -0.2) is 0 Å². The van der Waals surface area contributed by atoms with Crippen LogP contribution in [0.1, 0.15) is 35.7 Å². The number of ketones is 1. The summed E-state index contributed by atoms with van der Waals surface area (Å²) < 4.78 is 0. The number of carbonyl (C=O) groups is 6. The molecule has 0 saturated heterocycles. The maximum atomic E-state index is 11.8. The third kappa shape index (κ3) is 4.93. The van der Waals surface area contributed by atoms with Crippen molar-refractivity contribution >= 4 is 35.6 Å². The van der Waals surface area contributed by atoms with Crippen LogP contribution in [-0.4, -0.2) is 56.0 Å². The highest BCUT2D eigenvalue weighted by molar-refractivity contribution is 6.26. The number of hydrogen-bond donors (Lipinski definition) is 5. The van der Waals surface area contributed by atoms with E-state index in [4.69, 9.17) is 26.2 Å². The largest absolute Gasteiger partial charge is 0.480 e. The van der Waals surface area contributed by atoms with E-state index < -0.39 is 47.0 Å². The Morgan fingerprint density at radius 2 is 1.03 bits per heavy atom. The Morgan fingerprint density at radius 1 is 0.676 bits per heavy atom. The number of nitrogens with two attached hydrogens (primary N) is 1. The Hall–Kier alpha value is -4.54.